The summed E-state index contributed by atoms with van der Waals surface area (Å²) in [7, 11) is 1.77. The quantitative estimate of drug-likeness (QED) is 0.785. The van der Waals surface area contributed by atoms with Crippen molar-refractivity contribution in [2.24, 2.45) is 0 Å². The molecule has 1 unspecified atom stereocenters. The fourth-order valence-corrected chi connectivity index (χ4v) is 1.43. The van der Waals surface area contributed by atoms with Gasteiger partial charge in [0.1, 0.15) is 5.82 Å². The molecule has 0 bridgehead atoms. The molecule has 1 nitrogen and oxygen atoms in total. The van der Waals surface area contributed by atoms with E-state index in [1.807, 2.05) is 0 Å². The Hall–Kier alpha value is -0.850. The predicted octanol–water partition coefficient (Wildman–Crippen LogP) is 2.48. The fraction of sp³-hybridized carbons (Fsp3) is 0.200. The van der Waals surface area contributed by atoms with E-state index in [0.29, 0.717) is 4.47 Å². The van der Waals surface area contributed by atoms with Crippen molar-refractivity contribution in [1.29, 1.82) is 0 Å². The van der Waals surface area contributed by atoms with Crippen LogP contribution in [-0.2, 0) is 0 Å². The Balaban J connectivity index is 3.04. The molecule has 0 aliphatic carbocycles. The first-order valence-corrected chi connectivity index (χ1v) is 4.56. The molecule has 1 N–H and O–H groups in total. The van der Waals surface area contributed by atoms with Gasteiger partial charge in [-0.1, -0.05) is 12.0 Å². The molecule has 13 heavy (non-hydrogen) atoms. The number of hydrogen-bond donors (Lipinski definition) is 1. The summed E-state index contributed by atoms with van der Waals surface area (Å²) >= 11 is 3.10. The van der Waals surface area contributed by atoms with Crippen LogP contribution in [0.5, 0.6) is 0 Å². The molecule has 0 aliphatic heterocycles. The second-order valence-electron chi connectivity index (χ2n) is 2.56. The lowest BCUT2D eigenvalue weighted by atomic mass is 10.1. The number of rotatable bonds is 2. The number of hydrogen-bond acceptors (Lipinski definition) is 1. The predicted molar refractivity (Wildman–Crippen MR) is 54.7 cm³/mol. The van der Waals surface area contributed by atoms with Crippen molar-refractivity contribution in [3.8, 4) is 12.3 Å². The van der Waals surface area contributed by atoms with Crippen molar-refractivity contribution < 1.29 is 4.39 Å². The summed E-state index contributed by atoms with van der Waals surface area (Å²) in [4.78, 5) is 0. The van der Waals surface area contributed by atoms with E-state index in [1.54, 1.807) is 19.2 Å². The Bertz CT molecular complexity index is 343. The van der Waals surface area contributed by atoms with Gasteiger partial charge < -0.3 is 5.32 Å². The minimum absolute atomic E-state index is 0.170. The van der Waals surface area contributed by atoms with Crippen LogP contribution in [0.4, 0.5) is 4.39 Å². The van der Waals surface area contributed by atoms with Crippen molar-refractivity contribution in [2.45, 2.75) is 6.04 Å². The lowest BCUT2D eigenvalue weighted by molar-refractivity contribution is 0.618. The molecule has 1 rings (SSSR count). The van der Waals surface area contributed by atoms with Gasteiger partial charge in [0.2, 0.25) is 0 Å². The van der Waals surface area contributed by atoms with Crippen LogP contribution in [0.3, 0.4) is 0 Å². The van der Waals surface area contributed by atoms with Gasteiger partial charge in [-0.3, -0.25) is 0 Å². The largest absolute Gasteiger partial charge is 0.303 e. The van der Waals surface area contributed by atoms with Crippen LogP contribution in [0, 0.1) is 18.2 Å². The van der Waals surface area contributed by atoms with E-state index in [2.05, 4.69) is 27.2 Å². The molecule has 0 heterocycles. The van der Waals surface area contributed by atoms with Gasteiger partial charge in [0.05, 0.1) is 10.5 Å². The van der Waals surface area contributed by atoms with Crippen molar-refractivity contribution in [1.82, 2.24) is 5.32 Å². The van der Waals surface area contributed by atoms with Gasteiger partial charge in [-0.25, -0.2) is 4.39 Å². The highest BCUT2D eigenvalue weighted by Crippen LogP contribution is 2.20. The van der Waals surface area contributed by atoms with E-state index >= 15 is 0 Å². The van der Waals surface area contributed by atoms with Gasteiger partial charge >= 0.3 is 0 Å². The van der Waals surface area contributed by atoms with E-state index in [-0.39, 0.29) is 11.9 Å². The molecule has 0 aliphatic rings. The zero-order chi connectivity index (χ0) is 9.84. The third kappa shape index (κ3) is 2.30. The van der Waals surface area contributed by atoms with Crippen LogP contribution < -0.4 is 5.32 Å². The molecule has 0 saturated heterocycles. The van der Waals surface area contributed by atoms with Gasteiger partial charge in [0.25, 0.3) is 0 Å². The maximum Gasteiger partial charge on any atom is 0.137 e. The normalized spacial score (nSPS) is 12.2. The zero-order valence-corrected chi connectivity index (χ0v) is 8.73. The highest BCUT2D eigenvalue weighted by molar-refractivity contribution is 9.10. The van der Waals surface area contributed by atoms with Crippen LogP contribution in [0.2, 0.25) is 0 Å². The molecular formula is C10H9BrFN. The first kappa shape index (κ1) is 10.2. The molecular weight excluding hydrogens is 233 g/mol. The summed E-state index contributed by atoms with van der Waals surface area (Å²) < 4.78 is 13.3. The van der Waals surface area contributed by atoms with Gasteiger partial charge in [0.15, 0.2) is 0 Å². The van der Waals surface area contributed by atoms with Gasteiger partial charge in [-0.2, -0.15) is 0 Å². The van der Waals surface area contributed by atoms with Crippen LogP contribution in [0.25, 0.3) is 0 Å². The monoisotopic (exact) mass is 241 g/mol. The fourth-order valence-electron chi connectivity index (χ4n) is 1.04. The van der Waals surface area contributed by atoms with Crippen molar-refractivity contribution in [3.05, 3.63) is 34.1 Å². The lowest BCUT2D eigenvalue weighted by Gasteiger charge is -2.09. The molecule has 1 aromatic rings. The summed E-state index contributed by atoms with van der Waals surface area (Å²) in [5.74, 6) is 2.28. The number of nitrogens with one attached hydrogen (secondary N) is 1. The van der Waals surface area contributed by atoms with Crippen LogP contribution >= 0.6 is 15.9 Å². The molecule has 0 aromatic heterocycles. The number of benzene rings is 1. The summed E-state index contributed by atoms with van der Waals surface area (Å²) in [6.07, 6.45) is 5.28. The second-order valence-corrected chi connectivity index (χ2v) is 3.42. The Labute approximate surface area is 85.5 Å². The van der Waals surface area contributed by atoms with Crippen LogP contribution in [0.15, 0.2) is 22.7 Å². The Kier molecular flexibility index (Phi) is 3.47. The Morgan fingerprint density at radius 3 is 2.77 bits per heavy atom. The zero-order valence-electron chi connectivity index (χ0n) is 7.14. The first-order valence-electron chi connectivity index (χ1n) is 3.77. The third-order valence-electron chi connectivity index (χ3n) is 1.73. The average Bonchev–Trinajstić information content (AvgIpc) is 2.13. The minimum atomic E-state index is -0.282. The minimum Gasteiger partial charge on any atom is -0.303 e. The number of terminal acetylenes is 1. The van der Waals surface area contributed by atoms with Crippen molar-refractivity contribution in [2.75, 3.05) is 7.05 Å². The summed E-state index contributed by atoms with van der Waals surface area (Å²) in [6.45, 7) is 0. The lowest BCUT2D eigenvalue weighted by Crippen LogP contribution is -2.14. The standard InChI is InChI=1S/C10H9BrFN/c1-3-10(13-2)7-4-5-9(12)8(11)6-7/h1,4-6,10,13H,2H3. The van der Waals surface area contributed by atoms with E-state index in [1.165, 1.54) is 6.07 Å². The molecule has 1 atom stereocenters. The summed E-state index contributed by atoms with van der Waals surface area (Å²) in [5.41, 5.74) is 0.873. The molecule has 1 aromatic carbocycles. The van der Waals surface area contributed by atoms with Crippen LogP contribution in [-0.4, -0.2) is 7.05 Å². The summed E-state index contributed by atoms with van der Waals surface area (Å²) in [6, 6.07) is 4.57. The highest BCUT2D eigenvalue weighted by Gasteiger charge is 2.07. The molecule has 0 radical (unpaired) electrons. The maximum absolute atomic E-state index is 12.9. The van der Waals surface area contributed by atoms with E-state index in [9.17, 15) is 4.39 Å². The molecule has 0 amide bonds. The Morgan fingerprint density at radius 2 is 2.31 bits per heavy atom. The molecule has 0 saturated carbocycles. The number of halogens is 2. The maximum atomic E-state index is 12.9. The van der Waals surface area contributed by atoms with Gasteiger partial charge in [-0.05, 0) is 40.7 Å². The average molecular weight is 242 g/mol. The molecule has 0 fully saturated rings. The van der Waals surface area contributed by atoms with E-state index in [4.69, 9.17) is 6.42 Å². The molecule has 68 valence electrons. The topological polar surface area (TPSA) is 12.0 Å². The Morgan fingerprint density at radius 1 is 1.62 bits per heavy atom. The highest BCUT2D eigenvalue weighted by atomic mass is 79.9. The molecule has 0 spiro atoms. The van der Waals surface area contributed by atoms with Crippen molar-refractivity contribution >= 4 is 15.9 Å². The van der Waals surface area contributed by atoms with Gasteiger partial charge in [-0.15, -0.1) is 6.42 Å². The third-order valence-corrected chi connectivity index (χ3v) is 2.34. The van der Waals surface area contributed by atoms with Crippen LogP contribution in [0.1, 0.15) is 11.6 Å². The second kappa shape index (κ2) is 4.40. The van der Waals surface area contributed by atoms with Gasteiger partial charge in [0, 0.05) is 0 Å². The SMILES string of the molecule is C#CC(NC)c1ccc(F)c(Br)c1. The summed E-state index contributed by atoms with van der Waals surface area (Å²) in [5, 5.41) is 2.94. The first-order chi connectivity index (χ1) is 6.19. The van der Waals surface area contributed by atoms with Crippen molar-refractivity contribution in [3.63, 3.8) is 0 Å². The van der Waals surface area contributed by atoms with E-state index in [0.717, 1.165) is 5.56 Å². The van der Waals surface area contributed by atoms with E-state index < -0.39 is 0 Å². The molecule has 3 heteroatoms. The smallest absolute Gasteiger partial charge is 0.137 e.